The van der Waals surface area contributed by atoms with Gasteiger partial charge in [-0.2, -0.15) is 5.10 Å². The van der Waals surface area contributed by atoms with Crippen molar-refractivity contribution in [1.29, 1.82) is 0 Å². The highest BCUT2D eigenvalue weighted by molar-refractivity contribution is 5.25. The fourth-order valence-corrected chi connectivity index (χ4v) is 2.37. The Labute approximate surface area is 114 Å². The predicted molar refractivity (Wildman–Crippen MR) is 77.1 cm³/mol. The van der Waals surface area contributed by atoms with Crippen LogP contribution in [-0.2, 0) is 13.0 Å². The number of nitrogens with zero attached hydrogens (tertiary/aromatic N) is 3. The maximum atomic E-state index is 4.43. The maximum Gasteiger partial charge on any atom is 0.0522 e. The molecule has 0 aliphatic carbocycles. The molecule has 0 bridgehead atoms. The van der Waals surface area contributed by atoms with Crippen molar-refractivity contribution >= 4 is 0 Å². The molecule has 0 aliphatic heterocycles. The van der Waals surface area contributed by atoms with Gasteiger partial charge in [0, 0.05) is 30.2 Å². The van der Waals surface area contributed by atoms with Gasteiger partial charge in [0.05, 0.1) is 6.20 Å². The molecule has 2 aromatic rings. The van der Waals surface area contributed by atoms with Gasteiger partial charge in [-0.05, 0) is 57.5 Å². The molecule has 0 aromatic carbocycles. The summed E-state index contributed by atoms with van der Waals surface area (Å²) in [5.74, 6) is 0. The molecule has 1 atom stereocenters. The van der Waals surface area contributed by atoms with Crippen LogP contribution in [0.5, 0.6) is 0 Å². The number of pyridine rings is 1. The van der Waals surface area contributed by atoms with Crippen molar-refractivity contribution in [3.05, 3.63) is 47.0 Å². The van der Waals surface area contributed by atoms with E-state index in [4.69, 9.17) is 0 Å². The Balaban J connectivity index is 2.19. The normalized spacial score (nSPS) is 12.6. The van der Waals surface area contributed by atoms with Crippen molar-refractivity contribution in [1.82, 2.24) is 20.1 Å². The zero-order valence-corrected chi connectivity index (χ0v) is 12.1. The van der Waals surface area contributed by atoms with E-state index in [0.29, 0.717) is 6.04 Å². The first-order chi connectivity index (χ1) is 9.12. The molecule has 0 spiro atoms. The summed E-state index contributed by atoms with van der Waals surface area (Å²) in [7, 11) is 2.00. The van der Waals surface area contributed by atoms with E-state index in [9.17, 15) is 0 Å². The van der Waals surface area contributed by atoms with Crippen LogP contribution in [0.15, 0.2) is 24.5 Å². The monoisotopic (exact) mass is 258 g/mol. The second-order valence-electron chi connectivity index (χ2n) is 4.93. The summed E-state index contributed by atoms with van der Waals surface area (Å²) in [5.41, 5.74) is 4.68. The fourth-order valence-electron chi connectivity index (χ4n) is 2.37. The number of likely N-dealkylation sites (N-methyl/N-ethyl adjacent to an activating group) is 1. The number of aromatic nitrogens is 3. The molecular weight excluding hydrogens is 236 g/mol. The van der Waals surface area contributed by atoms with Crippen molar-refractivity contribution in [2.45, 2.75) is 39.8 Å². The van der Waals surface area contributed by atoms with E-state index in [1.54, 1.807) is 0 Å². The van der Waals surface area contributed by atoms with Crippen LogP contribution in [0.4, 0.5) is 0 Å². The highest BCUT2D eigenvalue weighted by Gasteiger charge is 2.12. The van der Waals surface area contributed by atoms with Gasteiger partial charge < -0.3 is 5.32 Å². The van der Waals surface area contributed by atoms with E-state index in [0.717, 1.165) is 24.4 Å². The smallest absolute Gasteiger partial charge is 0.0522 e. The lowest BCUT2D eigenvalue weighted by atomic mass is 10.0. The van der Waals surface area contributed by atoms with E-state index < -0.39 is 0 Å². The first-order valence-corrected chi connectivity index (χ1v) is 6.76. The van der Waals surface area contributed by atoms with Crippen LogP contribution >= 0.6 is 0 Å². The van der Waals surface area contributed by atoms with E-state index in [-0.39, 0.29) is 0 Å². The third-order valence-electron chi connectivity index (χ3n) is 3.31. The number of rotatable bonds is 5. The Morgan fingerprint density at radius 2 is 1.95 bits per heavy atom. The fraction of sp³-hybridized carbons (Fsp3) is 0.467. The molecule has 0 fully saturated rings. The molecular formula is C15H22N4. The summed E-state index contributed by atoms with van der Waals surface area (Å²) in [6.07, 6.45) is 5.01. The molecule has 4 heteroatoms. The minimum Gasteiger partial charge on any atom is -0.313 e. The molecule has 0 saturated heterocycles. The first-order valence-electron chi connectivity index (χ1n) is 6.76. The lowest BCUT2D eigenvalue weighted by molar-refractivity contribution is 0.589. The van der Waals surface area contributed by atoms with Crippen LogP contribution in [0, 0.1) is 13.8 Å². The Kier molecular flexibility index (Phi) is 4.32. The third kappa shape index (κ3) is 3.41. The number of aryl methyl sites for hydroxylation is 3. The van der Waals surface area contributed by atoms with Crippen LogP contribution in [0.1, 0.15) is 35.5 Å². The van der Waals surface area contributed by atoms with Crippen molar-refractivity contribution in [3.63, 3.8) is 0 Å². The zero-order valence-electron chi connectivity index (χ0n) is 12.1. The minimum atomic E-state index is 0.301. The Bertz CT molecular complexity index is 525. The second kappa shape index (κ2) is 5.97. The average Bonchev–Trinajstić information content (AvgIpc) is 2.82. The van der Waals surface area contributed by atoms with Crippen LogP contribution in [0.3, 0.4) is 0 Å². The topological polar surface area (TPSA) is 42.7 Å². The van der Waals surface area contributed by atoms with E-state index in [1.165, 1.54) is 11.1 Å². The predicted octanol–water partition coefficient (Wildman–Crippen LogP) is 2.42. The van der Waals surface area contributed by atoms with Crippen LogP contribution in [0.2, 0.25) is 0 Å². The highest BCUT2D eigenvalue weighted by atomic mass is 15.3. The van der Waals surface area contributed by atoms with Gasteiger partial charge >= 0.3 is 0 Å². The minimum absolute atomic E-state index is 0.301. The average molecular weight is 258 g/mol. The summed E-state index contributed by atoms with van der Waals surface area (Å²) < 4.78 is 1.96. The van der Waals surface area contributed by atoms with Crippen molar-refractivity contribution in [2.24, 2.45) is 0 Å². The molecule has 0 amide bonds. The Morgan fingerprint density at radius 1 is 1.26 bits per heavy atom. The van der Waals surface area contributed by atoms with Gasteiger partial charge in [0.1, 0.15) is 0 Å². The Morgan fingerprint density at radius 3 is 2.47 bits per heavy atom. The lowest BCUT2D eigenvalue weighted by Crippen LogP contribution is -2.19. The largest absolute Gasteiger partial charge is 0.313 e. The van der Waals surface area contributed by atoms with Gasteiger partial charge in [-0.15, -0.1) is 0 Å². The number of hydrogen-bond donors (Lipinski definition) is 1. The van der Waals surface area contributed by atoms with Gasteiger partial charge in [-0.1, -0.05) is 0 Å². The summed E-state index contributed by atoms with van der Waals surface area (Å²) in [6.45, 7) is 7.09. The van der Waals surface area contributed by atoms with E-state index in [2.05, 4.69) is 40.7 Å². The number of hydrogen-bond acceptors (Lipinski definition) is 3. The number of nitrogens with one attached hydrogen (secondary N) is 1. The quantitative estimate of drug-likeness (QED) is 0.895. The van der Waals surface area contributed by atoms with Gasteiger partial charge in [0.25, 0.3) is 0 Å². The van der Waals surface area contributed by atoms with Crippen LogP contribution < -0.4 is 5.32 Å². The molecule has 2 aromatic heterocycles. The summed E-state index contributed by atoms with van der Waals surface area (Å²) in [5, 5.41) is 7.71. The van der Waals surface area contributed by atoms with Crippen LogP contribution in [0.25, 0.3) is 0 Å². The van der Waals surface area contributed by atoms with E-state index >= 15 is 0 Å². The van der Waals surface area contributed by atoms with Crippen molar-refractivity contribution in [2.75, 3.05) is 7.05 Å². The van der Waals surface area contributed by atoms with E-state index in [1.807, 2.05) is 31.8 Å². The SMILES string of the molecule is CCn1cc(CC(NC)c2cc(C)nc(C)c2)cn1. The molecule has 1 unspecified atom stereocenters. The molecule has 0 radical (unpaired) electrons. The van der Waals surface area contributed by atoms with Gasteiger partial charge in [-0.3, -0.25) is 9.67 Å². The van der Waals surface area contributed by atoms with Crippen molar-refractivity contribution < 1.29 is 0 Å². The van der Waals surface area contributed by atoms with Gasteiger partial charge in [0.15, 0.2) is 0 Å². The van der Waals surface area contributed by atoms with Gasteiger partial charge in [-0.25, -0.2) is 0 Å². The molecule has 2 heterocycles. The molecule has 0 saturated carbocycles. The third-order valence-corrected chi connectivity index (χ3v) is 3.31. The summed E-state index contributed by atoms with van der Waals surface area (Å²) >= 11 is 0. The van der Waals surface area contributed by atoms with Gasteiger partial charge in [0.2, 0.25) is 0 Å². The Hall–Kier alpha value is -1.68. The highest BCUT2D eigenvalue weighted by Crippen LogP contribution is 2.19. The molecule has 0 aliphatic rings. The lowest BCUT2D eigenvalue weighted by Gasteiger charge is -2.16. The standard InChI is InChI=1S/C15H22N4/c1-5-19-10-13(9-17-19)8-15(16-4)14-6-11(2)18-12(3)7-14/h6-7,9-10,15-16H,5,8H2,1-4H3. The molecule has 2 rings (SSSR count). The second-order valence-corrected chi connectivity index (χ2v) is 4.93. The van der Waals surface area contributed by atoms with Crippen molar-refractivity contribution in [3.8, 4) is 0 Å². The molecule has 1 N–H and O–H groups in total. The molecule has 102 valence electrons. The zero-order chi connectivity index (χ0) is 13.8. The summed E-state index contributed by atoms with van der Waals surface area (Å²) in [6, 6.07) is 4.60. The molecule has 19 heavy (non-hydrogen) atoms. The maximum absolute atomic E-state index is 4.43. The van der Waals surface area contributed by atoms with Crippen LogP contribution in [-0.4, -0.2) is 21.8 Å². The first kappa shape index (κ1) is 13.7. The summed E-state index contributed by atoms with van der Waals surface area (Å²) in [4.78, 5) is 4.43. The molecule has 4 nitrogen and oxygen atoms in total.